The number of nitrogens with one attached hydrogen (secondary N) is 2. The number of H-pyrrole nitrogens is 1. The van der Waals surface area contributed by atoms with Gasteiger partial charge in [0.1, 0.15) is 5.82 Å². The van der Waals surface area contributed by atoms with E-state index in [0.29, 0.717) is 6.04 Å². The quantitative estimate of drug-likeness (QED) is 0.692. The lowest BCUT2D eigenvalue weighted by molar-refractivity contribution is 0.524. The van der Waals surface area contributed by atoms with E-state index in [0.717, 1.165) is 49.4 Å². The van der Waals surface area contributed by atoms with E-state index >= 15 is 0 Å². The van der Waals surface area contributed by atoms with Crippen LogP contribution in [-0.2, 0) is 0 Å². The van der Waals surface area contributed by atoms with Gasteiger partial charge in [-0.25, -0.2) is 4.98 Å². The van der Waals surface area contributed by atoms with Crippen molar-refractivity contribution in [1.29, 1.82) is 0 Å². The highest BCUT2D eigenvalue weighted by Crippen LogP contribution is 2.27. The summed E-state index contributed by atoms with van der Waals surface area (Å²) in [6, 6.07) is 15.1. The highest BCUT2D eigenvalue weighted by Gasteiger charge is 2.20. The van der Waals surface area contributed by atoms with Crippen LogP contribution in [0.1, 0.15) is 31.9 Å². The van der Waals surface area contributed by atoms with Crippen molar-refractivity contribution in [2.24, 2.45) is 0 Å². The topological polar surface area (TPSA) is 44.0 Å². The van der Waals surface area contributed by atoms with Gasteiger partial charge in [-0.1, -0.05) is 25.0 Å². The van der Waals surface area contributed by atoms with E-state index in [9.17, 15) is 0 Å². The largest absolute Gasteiger partial charge is 0.382 e. The average molecular weight is 344 g/mol. The summed E-state index contributed by atoms with van der Waals surface area (Å²) in [6.07, 6.45) is 4.96. The number of aromatic amines is 1. The third kappa shape index (κ3) is 3.52. The maximum Gasteiger partial charge on any atom is 0.128 e. The second-order valence-corrected chi connectivity index (χ2v) is 6.70. The van der Waals surface area contributed by atoms with E-state index in [4.69, 9.17) is 0 Å². The smallest absolute Gasteiger partial charge is 0.128 e. The van der Waals surface area contributed by atoms with Crippen molar-refractivity contribution in [3.05, 3.63) is 54.4 Å². The molecule has 0 spiro atoms. The van der Waals surface area contributed by atoms with Crippen LogP contribution in [0.15, 0.2) is 48.7 Å². The first-order chi connectivity index (χ1) is 12.8. The summed E-state index contributed by atoms with van der Waals surface area (Å²) in [5.41, 5.74) is 3.32. The Bertz CT molecular complexity index is 925. The molecule has 4 rings (SSSR count). The number of fused-ring (bicyclic) bond motifs is 1. The van der Waals surface area contributed by atoms with Crippen LogP contribution in [0.2, 0.25) is 0 Å². The maximum atomic E-state index is 4.47. The molecule has 3 aromatic rings. The van der Waals surface area contributed by atoms with E-state index in [1.807, 2.05) is 12.3 Å². The molecular weight excluding hydrogens is 320 g/mol. The van der Waals surface area contributed by atoms with Crippen LogP contribution in [-0.4, -0.2) is 29.1 Å². The van der Waals surface area contributed by atoms with Gasteiger partial charge < -0.3 is 15.2 Å². The van der Waals surface area contributed by atoms with Crippen LogP contribution < -0.4 is 10.2 Å². The standard InChI is InChI=1S/C22H24N4/c1-2-3-7-18-16-19-20(8-6-9-21(19)25-18)24-17-11-14-26(15-12-17)22-10-4-5-13-23-22/h4-6,8-10,13,16-17,24-25H,2,11-12,14-15H2,1H3. The molecule has 132 valence electrons. The van der Waals surface area contributed by atoms with Crippen molar-refractivity contribution in [2.75, 3.05) is 23.3 Å². The molecule has 1 aromatic carbocycles. The SMILES string of the molecule is CCC#Cc1cc2c(NC3CCN(c4ccccn4)CC3)cccc2[nH]1. The van der Waals surface area contributed by atoms with E-state index in [1.54, 1.807) is 0 Å². The molecule has 0 radical (unpaired) electrons. The van der Waals surface area contributed by atoms with Crippen molar-refractivity contribution in [2.45, 2.75) is 32.2 Å². The van der Waals surface area contributed by atoms with Crippen molar-refractivity contribution in [3.63, 3.8) is 0 Å². The third-order valence-corrected chi connectivity index (χ3v) is 4.89. The fourth-order valence-electron chi connectivity index (χ4n) is 3.55. The summed E-state index contributed by atoms with van der Waals surface area (Å²) < 4.78 is 0. The Balaban J connectivity index is 1.46. The normalized spacial score (nSPS) is 14.9. The van der Waals surface area contributed by atoms with E-state index in [-0.39, 0.29) is 0 Å². The summed E-state index contributed by atoms with van der Waals surface area (Å²) >= 11 is 0. The van der Waals surface area contributed by atoms with E-state index in [2.05, 4.69) is 75.3 Å². The maximum absolute atomic E-state index is 4.47. The van der Waals surface area contributed by atoms with Gasteiger partial charge in [0.2, 0.25) is 0 Å². The molecule has 4 heteroatoms. The molecule has 2 aromatic heterocycles. The molecule has 0 amide bonds. The Morgan fingerprint density at radius 2 is 2.08 bits per heavy atom. The van der Waals surface area contributed by atoms with Gasteiger partial charge in [-0.3, -0.25) is 0 Å². The zero-order chi connectivity index (χ0) is 17.8. The van der Waals surface area contributed by atoms with Gasteiger partial charge >= 0.3 is 0 Å². The van der Waals surface area contributed by atoms with Crippen molar-refractivity contribution >= 4 is 22.4 Å². The lowest BCUT2D eigenvalue weighted by atomic mass is 10.0. The van der Waals surface area contributed by atoms with Crippen LogP contribution in [0.4, 0.5) is 11.5 Å². The molecule has 0 saturated carbocycles. The van der Waals surface area contributed by atoms with Gasteiger partial charge in [0.15, 0.2) is 0 Å². The molecule has 1 saturated heterocycles. The van der Waals surface area contributed by atoms with Gasteiger partial charge in [0.05, 0.1) is 5.69 Å². The molecule has 0 atom stereocenters. The van der Waals surface area contributed by atoms with Crippen LogP contribution in [0, 0.1) is 11.8 Å². The molecule has 1 fully saturated rings. The molecule has 1 aliphatic rings. The molecule has 3 heterocycles. The van der Waals surface area contributed by atoms with Gasteiger partial charge in [0, 0.05) is 48.3 Å². The fourth-order valence-corrected chi connectivity index (χ4v) is 3.55. The number of nitrogens with zero attached hydrogens (tertiary/aromatic N) is 2. The number of rotatable bonds is 3. The molecule has 0 bridgehead atoms. The molecule has 4 nitrogen and oxygen atoms in total. The van der Waals surface area contributed by atoms with Crippen LogP contribution in [0.3, 0.4) is 0 Å². The summed E-state index contributed by atoms with van der Waals surface area (Å²) in [5.74, 6) is 7.41. The molecule has 26 heavy (non-hydrogen) atoms. The minimum atomic E-state index is 0.487. The number of benzene rings is 1. The number of hydrogen-bond donors (Lipinski definition) is 2. The van der Waals surface area contributed by atoms with Crippen LogP contribution in [0.5, 0.6) is 0 Å². The third-order valence-electron chi connectivity index (χ3n) is 4.89. The summed E-state index contributed by atoms with van der Waals surface area (Å²) in [5, 5.41) is 4.97. The summed E-state index contributed by atoms with van der Waals surface area (Å²) in [4.78, 5) is 10.2. The van der Waals surface area contributed by atoms with Gasteiger partial charge in [-0.15, -0.1) is 0 Å². The first-order valence-corrected chi connectivity index (χ1v) is 9.36. The zero-order valence-corrected chi connectivity index (χ0v) is 15.1. The van der Waals surface area contributed by atoms with Crippen molar-refractivity contribution < 1.29 is 0 Å². The minimum Gasteiger partial charge on any atom is -0.382 e. The van der Waals surface area contributed by atoms with E-state index in [1.165, 1.54) is 11.1 Å². The predicted molar refractivity (Wildman–Crippen MR) is 109 cm³/mol. The highest BCUT2D eigenvalue weighted by molar-refractivity contribution is 5.93. The van der Waals surface area contributed by atoms with Crippen LogP contribution >= 0.6 is 0 Å². The monoisotopic (exact) mass is 344 g/mol. The summed E-state index contributed by atoms with van der Waals surface area (Å²) in [7, 11) is 0. The Labute approximate surface area is 154 Å². The van der Waals surface area contributed by atoms with Gasteiger partial charge in [-0.05, 0) is 49.1 Å². The number of pyridine rings is 1. The van der Waals surface area contributed by atoms with Crippen LogP contribution in [0.25, 0.3) is 10.9 Å². The number of aromatic nitrogens is 2. The van der Waals surface area contributed by atoms with Gasteiger partial charge in [0.25, 0.3) is 0 Å². The average Bonchev–Trinajstić information content (AvgIpc) is 3.12. The zero-order valence-electron chi connectivity index (χ0n) is 15.1. The number of piperidine rings is 1. The molecule has 1 aliphatic heterocycles. The first-order valence-electron chi connectivity index (χ1n) is 9.36. The Hall–Kier alpha value is -2.93. The molecular formula is C22H24N4. The molecule has 0 unspecified atom stereocenters. The second kappa shape index (κ2) is 7.53. The molecule has 0 aliphatic carbocycles. The number of hydrogen-bond acceptors (Lipinski definition) is 3. The lowest BCUT2D eigenvalue weighted by Crippen LogP contribution is -2.39. The molecule has 2 N–H and O–H groups in total. The lowest BCUT2D eigenvalue weighted by Gasteiger charge is -2.33. The first kappa shape index (κ1) is 16.5. The van der Waals surface area contributed by atoms with Gasteiger partial charge in [-0.2, -0.15) is 0 Å². The minimum absolute atomic E-state index is 0.487. The van der Waals surface area contributed by atoms with Crippen molar-refractivity contribution in [3.8, 4) is 11.8 Å². The van der Waals surface area contributed by atoms with E-state index < -0.39 is 0 Å². The Morgan fingerprint density at radius 1 is 1.19 bits per heavy atom. The predicted octanol–water partition coefficient (Wildman–Crippen LogP) is 4.41. The second-order valence-electron chi connectivity index (χ2n) is 6.70. The summed E-state index contributed by atoms with van der Waals surface area (Å²) in [6.45, 7) is 4.13. The van der Waals surface area contributed by atoms with Crippen molar-refractivity contribution in [1.82, 2.24) is 9.97 Å². The fraction of sp³-hybridized carbons (Fsp3) is 0.318. The Kier molecular flexibility index (Phi) is 4.79. The highest BCUT2D eigenvalue weighted by atomic mass is 15.2. The Morgan fingerprint density at radius 3 is 2.85 bits per heavy atom. The number of anilines is 2.